The number of carbonyl (C=O) groups is 2. The van der Waals surface area contributed by atoms with Gasteiger partial charge in [0.1, 0.15) is 12.3 Å². The number of ether oxygens (including phenoxy) is 2. The Bertz CT molecular complexity index is 1200. The van der Waals surface area contributed by atoms with Crippen LogP contribution in [0.1, 0.15) is 33.1 Å². The Kier molecular flexibility index (Phi) is 5.86. The van der Waals surface area contributed by atoms with Crippen LogP contribution in [0.15, 0.2) is 24.3 Å². The molecule has 0 saturated heterocycles. The van der Waals surface area contributed by atoms with Crippen LogP contribution in [0.4, 0.5) is 9.18 Å². The minimum Gasteiger partial charge on any atom is -0.494 e. The van der Waals surface area contributed by atoms with Crippen molar-refractivity contribution in [1.82, 2.24) is 35.0 Å². The van der Waals surface area contributed by atoms with Gasteiger partial charge in [0.25, 0.3) is 5.91 Å². The first-order valence-electron chi connectivity index (χ1n) is 11.0. The number of aromatic amines is 1. The second-order valence-electron chi connectivity index (χ2n) is 8.22. The van der Waals surface area contributed by atoms with Gasteiger partial charge in [0, 0.05) is 38.2 Å². The Morgan fingerprint density at radius 2 is 1.97 bits per heavy atom. The van der Waals surface area contributed by atoms with E-state index < -0.39 is 11.9 Å². The lowest BCUT2D eigenvalue weighted by molar-refractivity contribution is 0.0723. The minimum absolute atomic E-state index is 0.0392. The van der Waals surface area contributed by atoms with Crippen LogP contribution in [0.3, 0.4) is 0 Å². The van der Waals surface area contributed by atoms with Gasteiger partial charge in [-0.3, -0.25) is 14.6 Å². The van der Waals surface area contributed by atoms with E-state index in [0.29, 0.717) is 56.8 Å². The predicted octanol–water partition coefficient (Wildman–Crippen LogP) is 1.54. The Morgan fingerprint density at radius 1 is 1.12 bits per heavy atom. The summed E-state index contributed by atoms with van der Waals surface area (Å²) in [6.45, 7) is 2.22. The lowest BCUT2D eigenvalue weighted by Crippen LogP contribution is -2.36. The maximum absolute atomic E-state index is 13.8. The van der Waals surface area contributed by atoms with Crippen LogP contribution in [-0.2, 0) is 37.3 Å². The molecule has 5 rings (SSSR count). The lowest BCUT2D eigenvalue weighted by Gasteiger charge is -2.24. The van der Waals surface area contributed by atoms with Crippen molar-refractivity contribution in [3.8, 4) is 5.75 Å². The Balaban J connectivity index is 1.17. The zero-order valence-electron chi connectivity index (χ0n) is 18.7. The molecular formula is C22H24FN7O4. The first kappa shape index (κ1) is 21.9. The van der Waals surface area contributed by atoms with Gasteiger partial charge in [0.05, 0.1) is 25.9 Å². The largest absolute Gasteiger partial charge is 0.494 e. The molecule has 1 aromatic carbocycles. The number of benzene rings is 1. The van der Waals surface area contributed by atoms with Gasteiger partial charge in [-0.2, -0.15) is 5.10 Å². The van der Waals surface area contributed by atoms with E-state index in [9.17, 15) is 14.0 Å². The third-order valence-corrected chi connectivity index (χ3v) is 6.10. The third-order valence-electron chi connectivity index (χ3n) is 6.10. The SMILES string of the molecule is COc1ccc(COC(=O)N2CCc3cc(C(=O)N4CCc5[nH]nnc5C4)nn3CC2)cc1F. The molecule has 1 N–H and O–H groups in total. The summed E-state index contributed by atoms with van der Waals surface area (Å²) >= 11 is 0. The van der Waals surface area contributed by atoms with Gasteiger partial charge >= 0.3 is 6.09 Å². The molecule has 178 valence electrons. The highest BCUT2D eigenvalue weighted by Gasteiger charge is 2.28. The molecule has 34 heavy (non-hydrogen) atoms. The van der Waals surface area contributed by atoms with Gasteiger partial charge < -0.3 is 19.3 Å². The van der Waals surface area contributed by atoms with E-state index in [4.69, 9.17) is 9.47 Å². The maximum Gasteiger partial charge on any atom is 0.410 e. The quantitative estimate of drug-likeness (QED) is 0.616. The Hall–Kier alpha value is -3.96. The van der Waals surface area contributed by atoms with Crippen molar-refractivity contribution in [2.75, 3.05) is 26.7 Å². The van der Waals surface area contributed by atoms with Crippen molar-refractivity contribution >= 4 is 12.0 Å². The van der Waals surface area contributed by atoms with Crippen molar-refractivity contribution < 1.29 is 23.5 Å². The van der Waals surface area contributed by atoms with Crippen LogP contribution in [0.5, 0.6) is 5.75 Å². The number of aromatic nitrogens is 5. The van der Waals surface area contributed by atoms with E-state index in [2.05, 4.69) is 20.5 Å². The summed E-state index contributed by atoms with van der Waals surface area (Å²) in [5.41, 5.74) is 3.56. The van der Waals surface area contributed by atoms with Gasteiger partial charge in [0.15, 0.2) is 17.3 Å². The molecular weight excluding hydrogens is 445 g/mol. The third kappa shape index (κ3) is 4.30. The molecule has 0 aliphatic carbocycles. The van der Waals surface area contributed by atoms with Crippen molar-refractivity contribution in [3.63, 3.8) is 0 Å². The molecule has 2 aromatic heterocycles. The first-order chi connectivity index (χ1) is 16.5. The molecule has 2 aliphatic rings. The standard InChI is InChI=1S/C22H24FN7O4/c1-33-20-3-2-14(10-16(20)23)13-34-22(32)28-6-4-15-11-18(26-30(15)9-8-28)21(31)29-7-5-17-19(12-29)25-27-24-17/h2-3,10-11H,4-9,12-13H2,1H3,(H,24,25,27). The van der Waals surface area contributed by atoms with Crippen molar-refractivity contribution in [1.29, 1.82) is 0 Å². The van der Waals surface area contributed by atoms with Gasteiger partial charge in [0.2, 0.25) is 0 Å². The molecule has 0 spiro atoms. The minimum atomic E-state index is -0.507. The van der Waals surface area contributed by atoms with E-state index >= 15 is 0 Å². The van der Waals surface area contributed by atoms with Gasteiger partial charge in [-0.15, -0.1) is 5.10 Å². The monoisotopic (exact) mass is 469 g/mol. The van der Waals surface area contributed by atoms with E-state index in [-0.39, 0.29) is 18.3 Å². The first-order valence-corrected chi connectivity index (χ1v) is 11.0. The number of methoxy groups -OCH3 is 1. The summed E-state index contributed by atoms with van der Waals surface area (Å²) < 4.78 is 25.9. The number of fused-ring (bicyclic) bond motifs is 2. The van der Waals surface area contributed by atoms with Crippen LogP contribution in [0, 0.1) is 5.82 Å². The second kappa shape index (κ2) is 9.12. The van der Waals surface area contributed by atoms with Gasteiger partial charge in [-0.25, -0.2) is 9.18 Å². The zero-order chi connectivity index (χ0) is 23.7. The van der Waals surface area contributed by atoms with E-state index in [1.54, 1.807) is 26.6 Å². The number of rotatable bonds is 4. The topological polar surface area (TPSA) is 118 Å². The molecule has 0 saturated carbocycles. The van der Waals surface area contributed by atoms with Crippen LogP contribution in [0.25, 0.3) is 0 Å². The van der Waals surface area contributed by atoms with Crippen LogP contribution >= 0.6 is 0 Å². The van der Waals surface area contributed by atoms with Crippen LogP contribution in [-0.4, -0.2) is 73.7 Å². The number of carbonyl (C=O) groups excluding carboxylic acids is 2. The number of hydrogen-bond acceptors (Lipinski definition) is 7. The molecule has 3 aromatic rings. The smallest absolute Gasteiger partial charge is 0.410 e. The molecule has 2 aliphatic heterocycles. The fraction of sp³-hybridized carbons (Fsp3) is 0.409. The summed E-state index contributed by atoms with van der Waals surface area (Å²) in [4.78, 5) is 28.8. The fourth-order valence-corrected chi connectivity index (χ4v) is 4.19. The maximum atomic E-state index is 13.8. The van der Waals surface area contributed by atoms with E-state index in [1.807, 2.05) is 0 Å². The lowest BCUT2D eigenvalue weighted by atomic mass is 10.1. The molecule has 0 bridgehead atoms. The normalized spacial score (nSPS) is 15.4. The number of halogens is 1. The highest BCUT2D eigenvalue weighted by Crippen LogP contribution is 2.20. The van der Waals surface area contributed by atoms with Gasteiger partial charge in [-0.1, -0.05) is 11.3 Å². The van der Waals surface area contributed by atoms with Crippen LogP contribution < -0.4 is 4.74 Å². The van der Waals surface area contributed by atoms with E-state index in [1.165, 1.54) is 19.2 Å². The molecule has 0 radical (unpaired) electrons. The van der Waals surface area contributed by atoms with Crippen molar-refractivity contribution in [3.05, 3.63) is 58.4 Å². The van der Waals surface area contributed by atoms with Crippen molar-refractivity contribution in [2.45, 2.75) is 32.5 Å². The number of hydrogen-bond donors (Lipinski definition) is 1. The number of nitrogens with one attached hydrogen (secondary N) is 1. The highest BCUT2D eigenvalue weighted by molar-refractivity contribution is 5.92. The van der Waals surface area contributed by atoms with Crippen LogP contribution in [0.2, 0.25) is 0 Å². The molecule has 0 fully saturated rings. The Labute approximate surface area is 194 Å². The summed E-state index contributed by atoms with van der Waals surface area (Å²) in [7, 11) is 1.39. The Morgan fingerprint density at radius 3 is 2.79 bits per heavy atom. The molecule has 4 heterocycles. The molecule has 2 amide bonds. The number of H-pyrrole nitrogens is 1. The summed E-state index contributed by atoms with van der Waals surface area (Å²) in [5, 5.41) is 15.2. The summed E-state index contributed by atoms with van der Waals surface area (Å²) in [6.07, 6.45) is 0.747. The zero-order valence-corrected chi connectivity index (χ0v) is 18.7. The predicted molar refractivity (Wildman–Crippen MR) is 115 cm³/mol. The number of amides is 2. The van der Waals surface area contributed by atoms with E-state index in [0.717, 1.165) is 17.1 Å². The average molecular weight is 469 g/mol. The molecule has 11 nitrogen and oxygen atoms in total. The summed E-state index contributed by atoms with van der Waals surface area (Å²) in [6, 6.07) is 6.22. The van der Waals surface area contributed by atoms with Crippen molar-refractivity contribution in [2.24, 2.45) is 0 Å². The second-order valence-corrected chi connectivity index (χ2v) is 8.22. The molecule has 0 atom stereocenters. The molecule has 12 heteroatoms. The van der Waals surface area contributed by atoms with Gasteiger partial charge in [-0.05, 0) is 23.8 Å². The number of nitrogens with zero attached hydrogens (tertiary/aromatic N) is 6. The molecule has 0 unspecified atom stereocenters. The fourth-order valence-electron chi connectivity index (χ4n) is 4.19. The summed E-state index contributed by atoms with van der Waals surface area (Å²) in [5.74, 6) is -0.511. The highest BCUT2D eigenvalue weighted by atomic mass is 19.1. The average Bonchev–Trinajstić information content (AvgIpc) is 3.44.